The van der Waals surface area contributed by atoms with Crippen LogP contribution in [0.4, 0.5) is 0 Å². The Labute approximate surface area is 116 Å². The number of aliphatic hydroxyl groups excluding tert-OH is 2. The molecule has 0 amide bonds. The number of aromatic nitrogens is 2. The van der Waals surface area contributed by atoms with E-state index in [0.29, 0.717) is 0 Å². The standard InChI is InChI=1S/C11H13BrN2O5/c12-2-1-6-4-14(11(18)13-9(6)17)10-8(16)3-7(5-15)19-10/h1-2,4,7-8,10,15-16H,3,5H2,(H,13,17,18)/b2-1+/t7-,8+,10+/m0/s1. The number of ether oxygens (including phenoxy) is 1. The molecule has 7 nitrogen and oxygen atoms in total. The molecule has 0 saturated carbocycles. The van der Waals surface area contributed by atoms with Gasteiger partial charge in [0.2, 0.25) is 0 Å². The number of hydrogen-bond donors (Lipinski definition) is 3. The first-order valence-corrected chi connectivity index (χ1v) is 6.55. The highest BCUT2D eigenvalue weighted by Gasteiger charge is 2.35. The first-order chi connectivity index (χ1) is 9.06. The van der Waals surface area contributed by atoms with Crippen molar-refractivity contribution in [1.29, 1.82) is 0 Å². The summed E-state index contributed by atoms with van der Waals surface area (Å²) in [6.45, 7) is -0.236. The van der Waals surface area contributed by atoms with E-state index >= 15 is 0 Å². The minimum Gasteiger partial charge on any atom is -0.394 e. The second-order valence-electron chi connectivity index (χ2n) is 4.18. The normalized spacial score (nSPS) is 27.2. The molecule has 1 aromatic rings. The van der Waals surface area contributed by atoms with E-state index in [4.69, 9.17) is 9.84 Å². The van der Waals surface area contributed by atoms with Crippen molar-refractivity contribution < 1.29 is 14.9 Å². The molecule has 1 aliphatic rings. The predicted molar refractivity (Wildman–Crippen MR) is 70.9 cm³/mol. The summed E-state index contributed by atoms with van der Waals surface area (Å²) in [7, 11) is 0. The highest BCUT2D eigenvalue weighted by Crippen LogP contribution is 2.27. The van der Waals surface area contributed by atoms with Crippen LogP contribution in [0.15, 0.2) is 20.8 Å². The van der Waals surface area contributed by atoms with Gasteiger partial charge in [-0.25, -0.2) is 4.79 Å². The molecule has 2 rings (SSSR count). The van der Waals surface area contributed by atoms with Crippen molar-refractivity contribution >= 4 is 22.0 Å². The number of rotatable bonds is 3. The van der Waals surface area contributed by atoms with Crippen LogP contribution >= 0.6 is 15.9 Å². The lowest BCUT2D eigenvalue weighted by atomic mass is 10.2. The Morgan fingerprint density at radius 3 is 2.89 bits per heavy atom. The van der Waals surface area contributed by atoms with E-state index in [1.807, 2.05) is 0 Å². The summed E-state index contributed by atoms with van der Waals surface area (Å²) < 4.78 is 6.48. The van der Waals surface area contributed by atoms with Crippen molar-refractivity contribution in [3.8, 4) is 0 Å². The zero-order valence-corrected chi connectivity index (χ0v) is 11.4. The largest absolute Gasteiger partial charge is 0.394 e. The molecule has 8 heteroatoms. The van der Waals surface area contributed by atoms with Crippen LogP contribution in [0.2, 0.25) is 0 Å². The second kappa shape index (κ2) is 5.83. The molecule has 3 atom stereocenters. The van der Waals surface area contributed by atoms with Crippen LogP contribution in [0.25, 0.3) is 6.08 Å². The number of nitrogens with one attached hydrogen (secondary N) is 1. The number of nitrogens with zero attached hydrogens (tertiary/aromatic N) is 1. The van der Waals surface area contributed by atoms with E-state index in [-0.39, 0.29) is 18.6 Å². The average Bonchev–Trinajstić information content (AvgIpc) is 2.74. The smallest absolute Gasteiger partial charge is 0.330 e. The average molecular weight is 333 g/mol. The molecule has 3 N–H and O–H groups in total. The Morgan fingerprint density at radius 1 is 1.58 bits per heavy atom. The molecule has 1 fully saturated rings. The molecule has 1 saturated heterocycles. The summed E-state index contributed by atoms with van der Waals surface area (Å²) >= 11 is 3.05. The zero-order chi connectivity index (χ0) is 14.0. The zero-order valence-electron chi connectivity index (χ0n) is 9.82. The van der Waals surface area contributed by atoms with Gasteiger partial charge in [0.15, 0.2) is 6.23 Å². The Balaban J connectivity index is 2.42. The van der Waals surface area contributed by atoms with Gasteiger partial charge in [-0.2, -0.15) is 0 Å². The highest BCUT2D eigenvalue weighted by atomic mass is 79.9. The number of H-pyrrole nitrogens is 1. The molecule has 0 radical (unpaired) electrons. The van der Waals surface area contributed by atoms with Gasteiger partial charge in [0, 0.05) is 12.6 Å². The molecule has 104 valence electrons. The Kier molecular flexibility index (Phi) is 4.35. The molecule has 0 bridgehead atoms. The fourth-order valence-corrected chi connectivity index (χ4v) is 2.26. The molecule has 2 heterocycles. The van der Waals surface area contributed by atoms with Gasteiger partial charge in [-0.15, -0.1) is 0 Å². The quantitative estimate of drug-likeness (QED) is 0.695. The second-order valence-corrected chi connectivity index (χ2v) is 4.71. The lowest BCUT2D eigenvalue weighted by Gasteiger charge is -2.17. The maximum atomic E-state index is 11.7. The third-order valence-electron chi connectivity index (χ3n) is 2.88. The van der Waals surface area contributed by atoms with Crippen LogP contribution in [0.5, 0.6) is 0 Å². The monoisotopic (exact) mass is 332 g/mol. The van der Waals surface area contributed by atoms with E-state index in [1.165, 1.54) is 17.3 Å². The van der Waals surface area contributed by atoms with Gasteiger partial charge in [0.25, 0.3) is 5.56 Å². The minimum atomic E-state index is -0.915. The molecule has 0 aliphatic carbocycles. The Bertz CT molecular complexity index is 593. The summed E-state index contributed by atoms with van der Waals surface area (Å²) in [4.78, 5) is 26.9. The van der Waals surface area contributed by atoms with Crippen LogP contribution in [-0.4, -0.2) is 38.6 Å². The molecule has 19 heavy (non-hydrogen) atoms. The first kappa shape index (κ1) is 14.2. The van der Waals surface area contributed by atoms with Crippen LogP contribution in [-0.2, 0) is 4.74 Å². The summed E-state index contributed by atoms with van der Waals surface area (Å²) in [5.41, 5.74) is -0.942. The van der Waals surface area contributed by atoms with E-state index in [1.54, 1.807) is 0 Å². The van der Waals surface area contributed by atoms with E-state index < -0.39 is 29.7 Å². The van der Waals surface area contributed by atoms with Gasteiger partial charge in [-0.1, -0.05) is 15.9 Å². The first-order valence-electron chi connectivity index (χ1n) is 5.63. The van der Waals surface area contributed by atoms with Crippen LogP contribution in [0.1, 0.15) is 18.2 Å². The van der Waals surface area contributed by atoms with Crippen LogP contribution < -0.4 is 11.2 Å². The van der Waals surface area contributed by atoms with Gasteiger partial charge >= 0.3 is 5.69 Å². The van der Waals surface area contributed by atoms with E-state index in [9.17, 15) is 14.7 Å². The highest BCUT2D eigenvalue weighted by molar-refractivity contribution is 9.11. The van der Waals surface area contributed by atoms with E-state index in [2.05, 4.69) is 20.9 Å². The van der Waals surface area contributed by atoms with Gasteiger partial charge < -0.3 is 14.9 Å². The van der Waals surface area contributed by atoms with Crippen molar-refractivity contribution in [3.05, 3.63) is 37.6 Å². The van der Waals surface area contributed by atoms with Crippen molar-refractivity contribution in [2.24, 2.45) is 0 Å². The third kappa shape index (κ3) is 2.86. The summed E-state index contributed by atoms with van der Waals surface area (Å²) in [6, 6.07) is 0. The van der Waals surface area contributed by atoms with E-state index in [0.717, 1.165) is 4.57 Å². The lowest BCUT2D eigenvalue weighted by Crippen LogP contribution is -2.36. The number of aromatic amines is 1. The van der Waals surface area contributed by atoms with Crippen molar-refractivity contribution in [3.63, 3.8) is 0 Å². The Hall–Kier alpha value is -1.22. The maximum Gasteiger partial charge on any atom is 0.330 e. The van der Waals surface area contributed by atoms with Gasteiger partial charge in [-0.05, 0) is 11.1 Å². The topological polar surface area (TPSA) is 105 Å². The maximum absolute atomic E-state index is 11.7. The number of halogens is 1. The van der Waals surface area contributed by atoms with Crippen molar-refractivity contribution in [2.45, 2.75) is 24.9 Å². The molecular formula is C11H13BrN2O5. The molecule has 1 aliphatic heterocycles. The van der Waals surface area contributed by atoms with Crippen LogP contribution in [0, 0.1) is 0 Å². The van der Waals surface area contributed by atoms with Crippen molar-refractivity contribution in [2.75, 3.05) is 6.61 Å². The Morgan fingerprint density at radius 2 is 2.32 bits per heavy atom. The molecule has 0 spiro atoms. The van der Waals surface area contributed by atoms with Crippen LogP contribution in [0.3, 0.4) is 0 Å². The summed E-state index contributed by atoms with van der Waals surface area (Å²) in [5, 5.41) is 18.8. The molecule has 0 unspecified atom stereocenters. The molecule has 1 aromatic heterocycles. The molecular weight excluding hydrogens is 320 g/mol. The van der Waals surface area contributed by atoms with Gasteiger partial charge in [0.1, 0.15) is 6.10 Å². The minimum absolute atomic E-state index is 0.232. The predicted octanol–water partition coefficient (Wildman–Crippen LogP) is -0.457. The van der Waals surface area contributed by atoms with Crippen molar-refractivity contribution in [1.82, 2.24) is 9.55 Å². The van der Waals surface area contributed by atoms with Gasteiger partial charge in [0.05, 0.1) is 18.3 Å². The number of aliphatic hydroxyl groups is 2. The summed E-state index contributed by atoms with van der Waals surface area (Å²) in [5.74, 6) is 0. The van der Waals surface area contributed by atoms with Gasteiger partial charge in [-0.3, -0.25) is 14.3 Å². The fraction of sp³-hybridized carbons (Fsp3) is 0.455. The fourth-order valence-electron chi connectivity index (χ4n) is 1.97. The SMILES string of the molecule is O=c1[nH]c(=O)n([C@@H]2O[C@H](CO)C[C@H]2O)cc1/C=C/Br. The third-order valence-corrected chi connectivity index (χ3v) is 3.15. The molecule has 0 aromatic carbocycles. The lowest BCUT2D eigenvalue weighted by molar-refractivity contribution is -0.0530. The summed E-state index contributed by atoms with van der Waals surface area (Å²) in [6.07, 6.45) is 0.669. The number of hydrogen-bond acceptors (Lipinski definition) is 5.